The van der Waals surface area contributed by atoms with E-state index in [4.69, 9.17) is 39.6 Å². The molecule has 12 heteroatoms. The van der Waals surface area contributed by atoms with Gasteiger partial charge in [0.1, 0.15) is 6.54 Å². The summed E-state index contributed by atoms with van der Waals surface area (Å²) in [6.45, 7) is -0.340. The number of nitrogens with zero attached hydrogens (tertiary/aromatic N) is 2. The zero-order valence-electron chi connectivity index (χ0n) is 14.3. The predicted octanol–water partition coefficient (Wildman–Crippen LogP) is -2.28. The largest absolute Gasteiger partial charge is 0.481 e. The number of aliphatic carboxylic acids is 1. The fourth-order valence-corrected chi connectivity index (χ4v) is 2.38. The van der Waals surface area contributed by atoms with Crippen LogP contribution in [0.15, 0.2) is 4.99 Å². The molecule has 0 aliphatic carbocycles. The number of carbonyl (C=O) groups is 4. The molecule has 2 atom stereocenters. The van der Waals surface area contributed by atoms with Gasteiger partial charge in [-0.05, 0) is 19.3 Å². The fraction of sp³-hybridized carbons (Fsp3) is 0.643. The molecule has 0 saturated heterocycles. The van der Waals surface area contributed by atoms with Crippen molar-refractivity contribution in [3.8, 4) is 0 Å². The van der Waals surface area contributed by atoms with Crippen molar-refractivity contribution in [1.29, 1.82) is 0 Å². The number of carboxylic acids is 1. The molecule has 9 N–H and O–H groups in total. The summed E-state index contributed by atoms with van der Waals surface area (Å²) in [5.41, 5.74) is 21.3. The van der Waals surface area contributed by atoms with Crippen molar-refractivity contribution in [3.63, 3.8) is 0 Å². The first-order chi connectivity index (χ1) is 12.1. The highest BCUT2D eigenvalue weighted by molar-refractivity contribution is 6.28. The third kappa shape index (κ3) is 9.18. The molecule has 0 rings (SSSR count). The van der Waals surface area contributed by atoms with Crippen molar-refractivity contribution in [2.45, 2.75) is 37.8 Å². The number of hydrogen-bond donors (Lipinski definition) is 5. The number of Topliss-reactive ketones (excluding diaryl/α,β-unsaturated/α-hetero) is 1. The molecule has 11 nitrogen and oxygen atoms in total. The molecule has 0 aromatic heterocycles. The molecule has 0 spiro atoms. The highest BCUT2D eigenvalue weighted by Crippen LogP contribution is 2.13. The van der Waals surface area contributed by atoms with Crippen molar-refractivity contribution in [1.82, 2.24) is 4.90 Å². The smallest absolute Gasteiger partial charge is 0.303 e. The quantitative estimate of drug-likeness (QED) is 0.0994. The van der Waals surface area contributed by atoms with Gasteiger partial charge in [-0.15, -0.1) is 11.6 Å². The number of alkyl halides is 1. The number of amides is 2. The van der Waals surface area contributed by atoms with Crippen LogP contribution in [0, 0.1) is 0 Å². The number of guanidine groups is 1. The molecule has 148 valence electrons. The zero-order chi connectivity index (χ0) is 20.3. The second-order valence-corrected chi connectivity index (χ2v) is 5.80. The van der Waals surface area contributed by atoms with Gasteiger partial charge < -0.3 is 32.9 Å². The van der Waals surface area contributed by atoms with E-state index in [9.17, 15) is 19.2 Å². The number of carboxylic acid groups (broad SMARTS) is 1. The number of carbonyl (C=O) groups excluding carboxylic acids is 3. The van der Waals surface area contributed by atoms with Crippen LogP contribution in [0.4, 0.5) is 0 Å². The van der Waals surface area contributed by atoms with E-state index in [1.165, 1.54) is 0 Å². The van der Waals surface area contributed by atoms with Crippen molar-refractivity contribution in [3.05, 3.63) is 0 Å². The minimum absolute atomic E-state index is 0.119. The van der Waals surface area contributed by atoms with E-state index in [1.54, 1.807) is 0 Å². The minimum atomic E-state index is -1.20. The van der Waals surface area contributed by atoms with Crippen LogP contribution >= 0.6 is 11.6 Å². The topological polar surface area (TPSA) is 208 Å². The molecule has 0 radical (unpaired) electrons. The van der Waals surface area contributed by atoms with Crippen molar-refractivity contribution in [2.75, 3.05) is 19.0 Å². The Bertz CT molecular complexity index is 552. The van der Waals surface area contributed by atoms with Gasteiger partial charge >= 0.3 is 5.97 Å². The van der Waals surface area contributed by atoms with E-state index in [-0.39, 0.29) is 37.6 Å². The number of rotatable bonds is 13. The first kappa shape index (κ1) is 23.6. The summed E-state index contributed by atoms with van der Waals surface area (Å²) in [6.07, 6.45) is -0.0275. The molecule has 0 aromatic rings. The Morgan fingerprint density at radius 3 is 2.19 bits per heavy atom. The maximum atomic E-state index is 12.5. The molecule has 0 heterocycles. The van der Waals surface area contributed by atoms with E-state index in [0.29, 0.717) is 6.42 Å². The molecule has 0 saturated carbocycles. The number of aliphatic imine (C=N–C) groups is 1. The summed E-state index contributed by atoms with van der Waals surface area (Å²) >= 11 is 5.60. The van der Waals surface area contributed by atoms with Crippen LogP contribution in [0.3, 0.4) is 0 Å². The van der Waals surface area contributed by atoms with Gasteiger partial charge in [-0.1, -0.05) is 0 Å². The lowest BCUT2D eigenvalue weighted by Gasteiger charge is -2.31. The average molecular weight is 393 g/mol. The summed E-state index contributed by atoms with van der Waals surface area (Å²) in [4.78, 5) is 51.4. The first-order valence-electron chi connectivity index (χ1n) is 7.80. The first-order valence-corrected chi connectivity index (χ1v) is 8.33. The van der Waals surface area contributed by atoms with Crippen LogP contribution in [0.1, 0.15) is 25.7 Å². The number of ketones is 1. The van der Waals surface area contributed by atoms with Crippen LogP contribution < -0.4 is 22.9 Å². The van der Waals surface area contributed by atoms with E-state index in [1.807, 2.05) is 0 Å². The lowest BCUT2D eigenvalue weighted by Crippen LogP contribution is -2.54. The van der Waals surface area contributed by atoms with Gasteiger partial charge in [0.25, 0.3) is 0 Å². The fourth-order valence-electron chi connectivity index (χ4n) is 2.20. The third-order valence-electron chi connectivity index (χ3n) is 3.41. The highest BCUT2D eigenvalue weighted by Gasteiger charge is 2.32. The van der Waals surface area contributed by atoms with E-state index in [2.05, 4.69) is 4.99 Å². The number of hydrogen-bond acceptors (Lipinski definition) is 6. The molecule has 0 bridgehead atoms. The second-order valence-electron chi connectivity index (χ2n) is 5.54. The van der Waals surface area contributed by atoms with Crippen molar-refractivity contribution >= 4 is 41.1 Å². The molecule has 0 unspecified atom stereocenters. The normalized spacial score (nSPS) is 12.7. The van der Waals surface area contributed by atoms with Crippen LogP contribution in [0.25, 0.3) is 0 Å². The molecule has 0 aromatic carbocycles. The Hall–Kier alpha value is -2.40. The minimum Gasteiger partial charge on any atom is -0.481 e. The van der Waals surface area contributed by atoms with Crippen LogP contribution in [0.2, 0.25) is 0 Å². The summed E-state index contributed by atoms with van der Waals surface area (Å²) in [5, 5.41) is 8.69. The number of halogens is 1. The predicted molar refractivity (Wildman–Crippen MR) is 95.2 cm³/mol. The Balaban J connectivity index is 5.31. The van der Waals surface area contributed by atoms with E-state index < -0.39 is 42.2 Å². The zero-order valence-corrected chi connectivity index (χ0v) is 15.0. The van der Waals surface area contributed by atoms with Gasteiger partial charge in [-0.2, -0.15) is 0 Å². The third-order valence-corrected chi connectivity index (χ3v) is 3.67. The lowest BCUT2D eigenvalue weighted by atomic mass is 10.0. The molecule has 26 heavy (non-hydrogen) atoms. The average Bonchev–Trinajstić information content (AvgIpc) is 2.56. The van der Waals surface area contributed by atoms with Gasteiger partial charge in [-0.3, -0.25) is 24.2 Å². The van der Waals surface area contributed by atoms with Crippen LogP contribution in [-0.4, -0.2) is 70.6 Å². The molecule has 0 aliphatic heterocycles. The van der Waals surface area contributed by atoms with Crippen molar-refractivity contribution < 1.29 is 24.3 Å². The standard InChI is InChI=1S/C14H25ClN6O5/c15-6-10(22)9(2-1-5-20-14(18)19)21(7-11(17)23)13(26)8(16)3-4-12(24)25/h8-9H,1-7,16H2,(H2,17,23)(H,24,25)(H4,18,19,20)/t8-,9-/m0/s1. The molecular weight excluding hydrogens is 368 g/mol. The summed E-state index contributed by atoms with van der Waals surface area (Å²) < 4.78 is 0. The Labute approximate surface area is 155 Å². The summed E-state index contributed by atoms with van der Waals surface area (Å²) in [6, 6.07) is -2.24. The number of primary amides is 1. The van der Waals surface area contributed by atoms with Gasteiger partial charge in [0, 0.05) is 13.0 Å². The molecule has 2 amide bonds. The SMILES string of the molecule is NC(=O)CN(C(=O)[C@@H](N)CCC(=O)O)[C@@H](CCCN=C(N)N)C(=O)CCl. The highest BCUT2D eigenvalue weighted by atomic mass is 35.5. The van der Waals surface area contributed by atoms with E-state index >= 15 is 0 Å². The number of nitrogens with two attached hydrogens (primary N) is 4. The summed E-state index contributed by atoms with van der Waals surface area (Å²) in [7, 11) is 0. The van der Waals surface area contributed by atoms with Crippen LogP contribution in [-0.2, 0) is 19.2 Å². The summed E-state index contributed by atoms with van der Waals surface area (Å²) in [5.74, 6) is -3.74. The Kier molecular flexibility index (Phi) is 10.9. The Morgan fingerprint density at radius 2 is 1.73 bits per heavy atom. The maximum Gasteiger partial charge on any atom is 0.303 e. The lowest BCUT2D eigenvalue weighted by molar-refractivity contribution is -0.143. The Morgan fingerprint density at radius 1 is 1.12 bits per heavy atom. The molecular formula is C14H25ClN6O5. The monoisotopic (exact) mass is 392 g/mol. The van der Waals surface area contributed by atoms with Gasteiger partial charge in [0.15, 0.2) is 11.7 Å². The van der Waals surface area contributed by atoms with Crippen LogP contribution in [0.5, 0.6) is 0 Å². The second kappa shape index (κ2) is 12.0. The maximum absolute atomic E-state index is 12.5. The molecule has 0 aliphatic rings. The van der Waals surface area contributed by atoms with Gasteiger partial charge in [-0.25, -0.2) is 0 Å². The van der Waals surface area contributed by atoms with Crippen molar-refractivity contribution in [2.24, 2.45) is 27.9 Å². The van der Waals surface area contributed by atoms with E-state index in [0.717, 1.165) is 4.90 Å². The molecule has 0 fully saturated rings. The van der Waals surface area contributed by atoms with Gasteiger partial charge in [0.2, 0.25) is 11.8 Å². The van der Waals surface area contributed by atoms with Gasteiger partial charge in [0.05, 0.1) is 18.0 Å².